The Balaban J connectivity index is 1.53. The third-order valence-electron chi connectivity index (χ3n) is 5.35. The first-order chi connectivity index (χ1) is 15.9. The predicted molar refractivity (Wildman–Crippen MR) is 145 cm³/mol. The summed E-state index contributed by atoms with van der Waals surface area (Å²) in [6, 6.07) is 44.5. The van der Waals surface area contributed by atoms with Crippen LogP contribution in [0.25, 0.3) is 0 Å². The first kappa shape index (κ1) is 24.0. The van der Waals surface area contributed by atoms with Crippen LogP contribution in [0.4, 0.5) is 0 Å². The van der Waals surface area contributed by atoms with E-state index in [1.807, 2.05) is 0 Å². The van der Waals surface area contributed by atoms with Gasteiger partial charge in [-0.05, 0) is 0 Å². The van der Waals surface area contributed by atoms with E-state index in [-0.39, 0.29) is 15.8 Å². The van der Waals surface area contributed by atoms with Gasteiger partial charge in [-0.25, -0.2) is 0 Å². The van der Waals surface area contributed by atoms with Crippen molar-refractivity contribution in [2.45, 2.75) is 17.0 Å². The van der Waals surface area contributed by atoms with E-state index in [2.05, 4.69) is 135 Å². The van der Waals surface area contributed by atoms with Crippen molar-refractivity contribution >= 4 is 50.5 Å². The van der Waals surface area contributed by atoms with Crippen LogP contribution in [-0.2, 0) is 16.0 Å². The van der Waals surface area contributed by atoms with E-state index >= 15 is 0 Å². The van der Waals surface area contributed by atoms with Crippen LogP contribution >= 0.6 is 29.3 Å². The molecule has 0 radical (unpaired) electrons. The Kier molecular flexibility index (Phi) is 9.72. The molecular formula is C28H27BrP2Pd. The fourth-order valence-corrected chi connectivity index (χ4v) is 14.1. The molecule has 0 saturated carbocycles. The summed E-state index contributed by atoms with van der Waals surface area (Å²) in [4.78, 5) is 0. The van der Waals surface area contributed by atoms with Gasteiger partial charge in [0.2, 0.25) is 0 Å². The molecule has 0 fully saturated rings. The second kappa shape index (κ2) is 12.9. The average molecular weight is 612 g/mol. The van der Waals surface area contributed by atoms with E-state index in [9.17, 15) is 0 Å². The Labute approximate surface area is 209 Å². The molecule has 0 aromatic heterocycles. The number of rotatable bonds is 10. The van der Waals surface area contributed by atoms with Crippen molar-refractivity contribution in [3.63, 3.8) is 0 Å². The summed E-state index contributed by atoms with van der Waals surface area (Å²) in [7, 11) is -0.688. The quantitative estimate of drug-likeness (QED) is 0.138. The molecule has 0 heterocycles. The number of hydrogen-bond donors (Lipinski definition) is 0. The van der Waals surface area contributed by atoms with Gasteiger partial charge in [0.25, 0.3) is 0 Å². The van der Waals surface area contributed by atoms with E-state index < -0.39 is 0 Å². The molecule has 4 heteroatoms. The van der Waals surface area contributed by atoms with Gasteiger partial charge >= 0.3 is 211 Å². The summed E-state index contributed by atoms with van der Waals surface area (Å²) >= 11 is 4.49. The fourth-order valence-electron chi connectivity index (χ4n) is 3.85. The number of benzene rings is 4. The zero-order chi connectivity index (χ0) is 22.0. The summed E-state index contributed by atoms with van der Waals surface area (Å²) in [6.45, 7) is 0. The fraction of sp³-hybridized carbons (Fsp3) is 0.143. The van der Waals surface area contributed by atoms with Crippen LogP contribution in [-0.4, -0.2) is 10.3 Å². The van der Waals surface area contributed by atoms with E-state index in [1.54, 1.807) is 0 Å². The molecule has 0 amide bonds. The zero-order valence-electron chi connectivity index (χ0n) is 17.8. The van der Waals surface area contributed by atoms with Crippen LogP contribution in [0.5, 0.6) is 0 Å². The maximum absolute atomic E-state index is 3.94. The number of halogens is 1. The SMILES string of the molecule is [Br][Pd][CH](CCCP(c1ccccc1)c1ccccc1)P(c1ccccc1)c1ccccc1. The standard InChI is InChI=1S/C28H27P2.BrH.Pd/c1-5-15-25(16-6-1)29(26-17-7-2-8-18-26)23-13-14-24-30(27-19-9-3-10-20-27)28-21-11-4-12-22-28;;/h1-12,15-23H,13-14,24H2;1H;/q;;+1/p-1. The Hall–Kier alpha value is -1.12. The maximum atomic E-state index is 3.94. The Morgan fingerprint density at radius 1 is 0.562 bits per heavy atom. The minimum absolute atomic E-state index is 0.317. The molecule has 4 rings (SSSR count). The van der Waals surface area contributed by atoms with Gasteiger partial charge in [-0.3, -0.25) is 0 Å². The molecule has 32 heavy (non-hydrogen) atoms. The molecule has 0 aliphatic carbocycles. The summed E-state index contributed by atoms with van der Waals surface area (Å²) in [5.41, 5.74) is 0. The molecule has 166 valence electrons. The van der Waals surface area contributed by atoms with Crippen LogP contribution in [0, 0.1) is 0 Å². The molecular weight excluding hydrogens is 585 g/mol. The number of hydrogen-bond acceptors (Lipinski definition) is 0. The molecule has 0 N–H and O–H groups in total. The van der Waals surface area contributed by atoms with Gasteiger partial charge < -0.3 is 0 Å². The average Bonchev–Trinajstić information content (AvgIpc) is 2.88. The Morgan fingerprint density at radius 2 is 0.938 bits per heavy atom. The van der Waals surface area contributed by atoms with Crippen LogP contribution in [0.3, 0.4) is 0 Å². The molecule has 0 bridgehead atoms. The zero-order valence-corrected chi connectivity index (χ0v) is 22.8. The van der Waals surface area contributed by atoms with E-state index in [1.165, 1.54) is 40.2 Å². The van der Waals surface area contributed by atoms with Crippen molar-refractivity contribution in [1.29, 1.82) is 0 Å². The second-order valence-electron chi connectivity index (χ2n) is 7.47. The van der Waals surface area contributed by atoms with Crippen molar-refractivity contribution in [3.05, 3.63) is 121 Å². The molecule has 0 nitrogen and oxygen atoms in total. The van der Waals surface area contributed by atoms with Gasteiger partial charge in [0.1, 0.15) is 0 Å². The van der Waals surface area contributed by atoms with E-state index in [0.29, 0.717) is 20.1 Å². The van der Waals surface area contributed by atoms with Gasteiger partial charge in [-0.1, -0.05) is 0 Å². The van der Waals surface area contributed by atoms with Crippen molar-refractivity contribution in [3.8, 4) is 0 Å². The second-order valence-corrected chi connectivity index (χ2v) is 16.0. The van der Waals surface area contributed by atoms with Crippen LogP contribution in [0.2, 0.25) is 0 Å². The topological polar surface area (TPSA) is 0 Å². The molecule has 0 saturated heterocycles. The molecule has 0 aliphatic rings. The van der Waals surface area contributed by atoms with Crippen molar-refractivity contribution < 1.29 is 16.0 Å². The van der Waals surface area contributed by atoms with Crippen molar-refractivity contribution in [1.82, 2.24) is 0 Å². The van der Waals surface area contributed by atoms with E-state index in [4.69, 9.17) is 0 Å². The first-order valence-electron chi connectivity index (χ1n) is 10.8. The molecule has 4 aromatic rings. The summed E-state index contributed by atoms with van der Waals surface area (Å²) in [5.74, 6) is 0. The van der Waals surface area contributed by atoms with Crippen molar-refractivity contribution in [2.75, 3.05) is 6.16 Å². The van der Waals surface area contributed by atoms with Gasteiger partial charge in [-0.15, -0.1) is 0 Å². The first-order valence-corrected chi connectivity index (χ1v) is 18.2. The monoisotopic (exact) mass is 610 g/mol. The Morgan fingerprint density at radius 3 is 1.31 bits per heavy atom. The molecule has 4 aromatic carbocycles. The van der Waals surface area contributed by atoms with Crippen LogP contribution < -0.4 is 21.2 Å². The summed E-state index contributed by atoms with van der Waals surface area (Å²) < 4.78 is 0.673. The third kappa shape index (κ3) is 6.48. The van der Waals surface area contributed by atoms with Crippen LogP contribution in [0.1, 0.15) is 12.8 Å². The molecule has 0 aliphatic heterocycles. The predicted octanol–water partition coefficient (Wildman–Crippen LogP) is 6.75. The summed E-state index contributed by atoms with van der Waals surface area (Å²) in [5, 5.41) is 5.96. The molecule has 0 spiro atoms. The van der Waals surface area contributed by atoms with Crippen LogP contribution in [0.15, 0.2) is 121 Å². The molecule has 1 unspecified atom stereocenters. The van der Waals surface area contributed by atoms with E-state index in [0.717, 1.165) is 0 Å². The van der Waals surface area contributed by atoms with Crippen molar-refractivity contribution in [2.24, 2.45) is 0 Å². The summed E-state index contributed by atoms with van der Waals surface area (Å²) in [6.07, 6.45) is 3.75. The van der Waals surface area contributed by atoms with Gasteiger partial charge in [0.15, 0.2) is 0 Å². The molecule has 1 atom stereocenters. The normalized spacial score (nSPS) is 12.3. The Bertz CT molecular complexity index is 967. The van der Waals surface area contributed by atoms with Gasteiger partial charge in [0.05, 0.1) is 0 Å². The third-order valence-corrected chi connectivity index (χ3v) is 16.4. The minimum atomic E-state index is -0.371. The van der Waals surface area contributed by atoms with Gasteiger partial charge in [0, 0.05) is 0 Å². The van der Waals surface area contributed by atoms with Gasteiger partial charge in [-0.2, -0.15) is 0 Å².